The molecule has 0 aliphatic rings. The van der Waals surface area contributed by atoms with Gasteiger partial charge < -0.3 is 11.1 Å². The van der Waals surface area contributed by atoms with Crippen LogP contribution in [0.5, 0.6) is 0 Å². The zero-order chi connectivity index (χ0) is 13.0. The Labute approximate surface area is 108 Å². The third-order valence-electron chi connectivity index (χ3n) is 2.74. The Bertz CT molecular complexity index is 483. The molecule has 1 heterocycles. The maximum Gasteiger partial charge on any atom is 0.0876 e. The normalized spacial score (nSPS) is 11.5. The molecule has 2 aromatic rings. The van der Waals surface area contributed by atoms with E-state index >= 15 is 0 Å². The minimum atomic E-state index is -0.145. The molecule has 0 spiro atoms. The zero-order valence-corrected chi connectivity index (χ0v) is 10.9. The molecule has 3 N–H and O–H groups in total. The van der Waals surface area contributed by atoms with Crippen LogP contribution in [0.15, 0.2) is 42.7 Å². The first-order chi connectivity index (χ1) is 8.56. The monoisotopic (exact) mass is 244 g/mol. The summed E-state index contributed by atoms with van der Waals surface area (Å²) in [5.74, 6) is 0. The highest BCUT2D eigenvalue weighted by molar-refractivity contribution is 5.60. The summed E-state index contributed by atoms with van der Waals surface area (Å²) in [6.45, 7) is 4.92. The number of hydrogen-bond acceptors (Lipinski definition) is 3. The lowest BCUT2D eigenvalue weighted by Gasteiger charge is -2.19. The SMILES string of the molecule is CC(C)(N)CCNc1ccccc1-n1cccn1. The van der Waals surface area contributed by atoms with Crippen molar-refractivity contribution < 1.29 is 0 Å². The largest absolute Gasteiger partial charge is 0.383 e. The summed E-state index contributed by atoms with van der Waals surface area (Å²) in [6.07, 6.45) is 4.63. The molecular formula is C14H20N4. The standard InChI is InChI=1S/C14H20N4/c1-14(2,15)8-10-16-12-6-3-4-7-13(12)18-11-5-9-17-18/h3-7,9,11,16H,8,10,15H2,1-2H3. The fraction of sp³-hybridized carbons (Fsp3) is 0.357. The molecule has 1 aromatic heterocycles. The van der Waals surface area contributed by atoms with E-state index in [9.17, 15) is 0 Å². The van der Waals surface area contributed by atoms with Gasteiger partial charge in [0, 0.05) is 24.5 Å². The van der Waals surface area contributed by atoms with Gasteiger partial charge in [-0.25, -0.2) is 4.68 Å². The number of para-hydroxylation sites is 2. The Kier molecular flexibility index (Phi) is 3.67. The van der Waals surface area contributed by atoms with Crippen molar-refractivity contribution in [2.75, 3.05) is 11.9 Å². The van der Waals surface area contributed by atoms with Crippen LogP contribution in [-0.2, 0) is 0 Å². The number of anilines is 1. The van der Waals surface area contributed by atoms with Crippen LogP contribution in [0.1, 0.15) is 20.3 Å². The van der Waals surface area contributed by atoms with Gasteiger partial charge in [0.1, 0.15) is 0 Å². The van der Waals surface area contributed by atoms with Gasteiger partial charge in [0.2, 0.25) is 0 Å². The molecule has 0 saturated carbocycles. The van der Waals surface area contributed by atoms with Gasteiger partial charge in [-0.2, -0.15) is 5.10 Å². The van der Waals surface area contributed by atoms with Crippen LogP contribution in [0, 0.1) is 0 Å². The lowest BCUT2D eigenvalue weighted by molar-refractivity contribution is 0.491. The topological polar surface area (TPSA) is 55.9 Å². The van der Waals surface area contributed by atoms with E-state index in [0.717, 1.165) is 24.3 Å². The summed E-state index contributed by atoms with van der Waals surface area (Å²) >= 11 is 0. The first-order valence-electron chi connectivity index (χ1n) is 6.18. The fourth-order valence-electron chi connectivity index (χ4n) is 1.75. The van der Waals surface area contributed by atoms with Crippen molar-refractivity contribution in [2.45, 2.75) is 25.8 Å². The number of nitrogens with one attached hydrogen (secondary N) is 1. The molecule has 0 radical (unpaired) electrons. The number of rotatable bonds is 5. The van der Waals surface area contributed by atoms with Crippen molar-refractivity contribution in [3.8, 4) is 5.69 Å². The first-order valence-corrected chi connectivity index (χ1v) is 6.18. The van der Waals surface area contributed by atoms with Crippen molar-refractivity contribution in [2.24, 2.45) is 5.73 Å². The molecule has 4 nitrogen and oxygen atoms in total. The summed E-state index contributed by atoms with van der Waals surface area (Å²) in [4.78, 5) is 0. The molecule has 0 amide bonds. The van der Waals surface area contributed by atoms with Crippen molar-refractivity contribution in [3.05, 3.63) is 42.7 Å². The van der Waals surface area contributed by atoms with E-state index in [1.165, 1.54) is 0 Å². The second-order valence-electron chi connectivity index (χ2n) is 5.13. The third kappa shape index (κ3) is 3.34. The molecule has 0 fully saturated rings. The van der Waals surface area contributed by atoms with Crippen LogP contribution in [-0.4, -0.2) is 21.9 Å². The van der Waals surface area contributed by atoms with Crippen LogP contribution in [0.4, 0.5) is 5.69 Å². The number of benzene rings is 1. The van der Waals surface area contributed by atoms with Crippen molar-refractivity contribution >= 4 is 5.69 Å². The molecule has 0 saturated heterocycles. The van der Waals surface area contributed by atoms with E-state index in [4.69, 9.17) is 5.73 Å². The summed E-state index contributed by atoms with van der Waals surface area (Å²) in [5.41, 5.74) is 7.96. The van der Waals surface area contributed by atoms with E-state index in [1.807, 2.05) is 49.0 Å². The summed E-state index contributed by atoms with van der Waals surface area (Å²) in [6, 6.07) is 10.0. The molecule has 4 heteroatoms. The van der Waals surface area contributed by atoms with Gasteiger partial charge in [0.15, 0.2) is 0 Å². The Hall–Kier alpha value is -1.81. The maximum atomic E-state index is 5.97. The second kappa shape index (κ2) is 5.23. The molecule has 0 unspecified atom stereocenters. The van der Waals surface area contributed by atoms with Gasteiger partial charge in [0.05, 0.1) is 11.4 Å². The summed E-state index contributed by atoms with van der Waals surface area (Å²) < 4.78 is 1.86. The van der Waals surface area contributed by atoms with E-state index in [2.05, 4.69) is 16.5 Å². The predicted molar refractivity (Wildman–Crippen MR) is 74.9 cm³/mol. The van der Waals surface area contributed by atoms with Gasteiger partial charge in [-0.15, -0.1) is 0 Å². The number of aromatic nitrogens is 2. The highest BCUT2D eigenvalue weighted by Crippen LogP contribution is 2.19. The van der Waals surface area contributed by atoms with Crippen LogP contribution in [0.2, 0.25) is 0 Å². The molecule has 0 atom stereocenters. The average Bonchev–Trinajstić information content (AvgIpc) is 2.81. The Balaban J connectivity index is 2.09. The van der Waals surface area contributed by atoms with Crippen LogP contribution in [0.25, 0.3) is 5.69 Å². The number of nitrogens with two attached hydrogens (primary N) is 1. The quantitative estimate of drug-likeness (QED) is 0.849. The zero-order valence-electron chi connectivity index (χ0n) is 10.9. The van der Waals surface area contributed by atoms with Gasteiger partial charge in [-0.05, 0) is 38.5 Å². The number of nitrogens with zero attached hydrogens (tertiary/aromatic N) is 2. The van der Waals surface area contributed by atoms with E-state index < -0.39 is 0 Å². The molecule has 1 aromatic carbocycles. The van der Waals surface area contributed by atoms with E-state index in [1.54, 1.807) is 6.20 Å². The Morgan fingerprint density at radius 1 is 1.28 bits per heavy atom. The highest BCUT2D eigenvalue weighted by Gasteiger charge is 2.10. The highest BCUT2D eigenvalue weighted by atomic mass is 15.3. The molecular weight excluding hydrogens is 224 g/mol. The van der Waals surface area contributed by atoms with E-state index in [0.29, 0.717) is 0 Å². The molecule has 2 rings (SSSR count). The predicted octanol–water partition coefficient (Wildman–Crippen LogP) is 2.41. The van der Waals surface area contributed by atoms with Crippen molar-refractivity contribution in [3.63, 3.8) is 0 Å². The van der Waals surface area contributed by atoms with Gasteiger partial charge in [-0.3, -0.25) is 0 Å². The molecule has 0 aliphatic heterocycles. The van der Waals surface area contributed by atoms with Gasteiger partial charge in [-0.1, -0.05) is 12.1 Å². The fourth-order valence-corrected chi connectivity index (χ4v) is 1.75. The lowest BCUT2D eigenvalue weighted by Crippen LogP contribution is -2.34. The number of hydrogen-bond donors (Lipinski definition) is 2. The smallest absolute Gasteiger partial charge is 0.0876 e. The Morgan fingerprint density at radius 2 is 2.06 bits per heavy atom. The average molecular weight is 244 g/mol. The first kappa shape index (κ1) is 12.6. The van der Waals surface area contributed by atoms with Crippen LogP contribution >= 0.6 is 0 Å². The maximum absolute atomic E-state index is 5.97. The van der Waals surface area contributed by atoms with E-state index in [-0.39, 0.29) is 5.54 Å². The van der Waals surface area contributed by atoms with Crippen LogP contribution in [0.3, 0.4) is 0 Å². The van der Waals surface area contributed by atoms with Gasteiger partial charge in [0.25, 0.3) is 0 Å². The lowest BCUT2D eigenvalue weighted by atomic mass is 10.0. The Morgan fingerprint density at radius 3 is 2.72 bits per heavy atom. The second-order valence-corrected chi connectivity index (χ2v) is 5.13. The molecule has 96 valence electrons. The molecule has 0 bridgehead atoms. The van der Waals surface area contributed by atoms with Crippen molar-refractivity contribution in [1.82, 2.24) is 9.78 Å². The molecule has 0 aliphatic carbocycles. The molecule has 18 heavy (non-hydrogen) atoms. The minimum absolute atomic E-state index is 0.145. The van der Waals surface area contributed by atoms with Crippen LogP contribution < -0.4 is 11.1 Å². The van der Waals surface area contributed by atoms with Gasteiger partial charge >= 0.3 is 0 Å². The van der Waals surface area contributed by atoms with Crippen molar-refractivity contribution in [1.29, 1.82) is 0 Å². The third-order valence-corrected chi connectivity index (χ3v) is 2.74. The summed E-state index contributed by atoms with van der Waals surface area (Å²) in [7, 11) is 0. The minimum Gasteiger partial charge on any atom is -0.383 e. The summed E-state index contributed by atoms with van der Waals surface area (Å²) in [5, 5.41) is 7.67.